The van der Waals surface area contributed by atoms with Crippen molar-refractivity contribution in [3.05, 3.63) is 73.3 Å². The molecule has 20 heavy (non-hydrogen) atoms. The summed E-state index contributed by atoms with van der Waals surface area (Å²) in [6.07, 6.45) is 0. The number of esters is 1. The number of benzene rings is 2. The standard InChI is InChI=1S/C14H10INO4/c15-12-7-3-2-6-11(12)14(17)20-9-10-5-1-4-8-13(10)16(18)19/h1-8H,9H2. The van der Waals surface area contributed by atoms with Gasteiger partial charge in [-0.3, -0.25) is 10.1 Å². The lowest BCUT2D eigenvalue weighted by atomic mass is 10.2. The third kappa shape index (κ3) is 3.32. The topological polar surface area (TPSA) is 69.4 Å². The molecule has 0 heterocycles. The number of carbonyl (C=O) groups is 1. The van der Waals surface area contributed by atoms with Crippen molar-refractivity contribution in [3.8, 4) is 0 Å². The minimum Gasteiger partial charge on any atom is -0.457 e. The van der Waals surface area contributed by atoms with Crippen LogP contribution in [-0.4, -0.2) is 10.9 Å². The molecule has 0 radical (unpaired) electrons. The highest BCUT2D eigenvalue weighted by atomic mass is 127. The zero-order chi connectivity index (χ0) is 14.5. The second-order valence-electron chi connectivity index (χ2n) is 3.94. The average Bonchev–Trinajstić information content (AvgIpc) is 2.45. The maximum atomic E-state index is 11.9. The summed E-state index contributed by atoms with van der Waals surface area (Å²) in [4.78, 5) is 22.3. The van der Waals surface area contributed by atoms with Crippen molar-refractivity contribution in [2.24, 2.45) is 0 Å². The van der Waals surface area contributed by atoms with Crippen molar-refractivity contribution in [3.63, 3.8) is 0 Å². The molecule has 102 valence electrons. The van der Waals surface area contributed by atoms with Gasteiger partial charge >= 0.3 is 5.97 Å². The molecular formula is C14H10INO4. The van der Waals surface area contributed by atoms with Crippen molar-refractivity contribution >= 4 is 34.2 Å². The number of nitro groups is 1. The number of para-hydroxylation sites is 1. The Labute approximate surface area is 128 Å². The zero-order valence-corrected chi connectivity index (χ0v) is 12.4. The van der Waals surface area contributed by atoms with Crippen molar-refractivity contribution in [1.82, 2.24) is 0 Å². The second-order valence-corrected chi connectivity index (χ2v) is 5.10. The Morgan fingerprint density at radius 2 is 1.80 bits per heavy atom. The van der Waals surface area contributed by atoms with Gasteiger partial charge in [-0.05, 0) is 40.8 Å². The monoisotopic (exact) mass is 383 g/mol. The quantitative estimate of drug-likeness (QED) is 0.351. The number of ether oxygens (including phenoxy) is 1. The molecule has 0 saturated heterocycles. The smallest absolute Gasteiger partial charge is 0.339 e. The molecule has 0 spiro atoms. The molecule has 0 aliphatic rings. The highest BCUT2D eigenvalue weighted by Crippen LogP contribution is 2.20. The van der Waals surface area contributed by atoms with E-state index in [1.807, 2.05) is 28.7 Å². The fraction of sp³-hybridized carbons (Fsp3) is 0.0714. The average molecular weight is 383 g/mol. The predicted octanol–water partition coefficient (Wildman–Crippen LogP) is 3.56. The van der Waals surface area contributed by atoms with Crippen molar-refractivity contribution < 1.29 is 14.5 Å². The predicted molar refractivity (Wildman–Crippen MR) is 81.4 cm³/mol. The van der Waals surface area contributed by atoms with Gasteiger partial charge in [0.2, 0.25) is 0 Å². The summed E-state index contributed by atoms with van der Waals surface area (Å²) in [7, 11) is 0. The molecule has 0 fully saturated rings. The summed E-state index contributed by atoms with van der Waals surface area (Å²) >= 11 is 2.04. The van der Waals surface area contributed by atoms with E-state index < -0.39 is 10.9 Å². The van der Waals surface area contributed by atoms with E-state index >= 15 is 0 Å². The van der Waals surface area contributed by atoms with Gasteiger partial charge in [0.25, 0.3) is 5.69 Å². The summed E-state index contributed by atoms with van der Waals surface area (Å²) in [6.45, 7) is -0.124. The van der Waals surface area contributed by atoms with Crippen LogP contribution in [0.15, 0.2) is 48.5 Å². The molecule has 0 N–H and O–H groups in total. The van der Waals surface area contributed by atoms with Gasteiger partial charge in [0.1, 0.15) is 6.61 Å². The van der Waals surface area contributed by atoms with Crippen LogP contribution >= 0.6 is 22.6 Å². The van der Waals surface area contributed by atoms with E-state index in [4.69, 9.17) is 4.74 Å². The van der Waals surface area contributed by atoms with Gasteiger partial charge < -0.3 is 4.74 Å². The molecular weight excluding hydrogens is 373 g/mol. The summed E-state index contributed by atoms with van der Waals surface area (Å²) in [5.74, 6) is -0.492. The summed E-state index contributed by atoms with van der Waals surface area (Å²) in [5.41, 5.74) is 0.770. The molecule has 0 amide bonds. The van der Waals surface area contributed by atoms with Crippen LogP contribution in [0.25, 0.3) is 0 Å². The van der Waals surface area contributed by atoms with E-state index in [9.17, 15) is 14.9 Å². The van der Waals surface area contributed by atoms with Crippen LogP contribution in [0.1, 0.15) is 15.9 Å². The Hall–Kier alpha value is -1.96. The summed E-state index contributed by atoms with van der Waals surface area (Å²) in [6, 6.07) is 13.2. The molecule has 2 aromatic carbocycles. The molecule has 2 rings (SSSR count). The van der Waals surface area contributed by atoms with Crippen LogP contribution in [-0.2, 0) is 11.3 Å². The van der Waals surface area contributed by atoms with Gasteiger partial charge in [-0.2, -0.15) is 0 Å². The number of nitro benzene ring substituents is 1. The van der Waals surface area contributed by atoms with Crippen molar-refractivity contribution in [2.45, 2.75) is 6.61 Å². The Morgan fingerprint density at radius 3 is 2.50 bits per heavy atom. The minimum absolute atomic E-state index is 0.0527. The maximum absolute atomic E-state index is 11.9. The first-order valence-corrected chi connectivity index (χ1v) is 6.81. The Kier molecular flexibility index (Phi) is 4.67. The Bertz CT molecular complexity index is 657. The molecule has 0 atom stereocenters. The Balaban J connectivity index is 2.12. The third-order valence-electron chi connectivity index (χ3n) is 2.64. The summed E-state index contributed by atoms with van der Waals surface area (Å²) < 4.78 is 5.91. The van der Waals surface area contributed by atoms with Crippen LogP contribution < -0.4 is 0 Å². The highest BCUT2D eigenvalue weighted by molar-refractivity contribution is 14.1. The third-order valence-corrected chi connectivity index (χ3v) is 3.58. The lowest BCUT2D eigenvalue weighted by Gasteiger charge is -2.06. The van der Waals surface area contributed by atoms with E-state index in [2.05, 4.69) is 0 Å². The van der Waals surface area contributed by atoms with Crippen LogP contribution in [0.3, 0.4) is 0 Å². The normalized spacial score (nSPS) is 10.1. The van der Waals surface area contributed by atoms with Gasteiger partial charge in [-0.25, -0.2) is 4.79 Å². The van der Waals surface area contributed by atoms with Crippen LogP contribution in [0.2, 0.25) is 0 Å². The first-order valence-electron chi connectivity index (χ1n) is 5.73. The fourth-order valence-corrected chi connectivity index (χ4v) is 2.27. The number of carbonyl (C=O) groups excluding carboxylic acids is 1. The fourth-order valence-electron chi connectivity index (χ4n) is 1.66. The van der Waals surface area contributed by atoms with E-state index in [1.54, 1.807) is 36.4 Å². The van der Waals surface area contributed by atoms with Gasteiger partial charge in [0.15, 0.2) is 0 Å². The number of hydrogen-bond donors (Lipinski definition) is 0. The van der Waals surface area contributed by atoms with Crippen molar-refractivity contribution in [2.75, 3.05) is 0 Å². The number of nitrogens with zero attached hydrogens (tertiary/aromatic N) is 1. The van der Waals surface area contributed by atoms with E-state index in [0.29, 0.717) is 11.1 Å². The molecule has 0 saturated carbocycles. The molecule has 0 aliphatic heterocycles. The maximum Gasteiger partial charge on any atom is 0.339 e. The number of rotatable bonds is 4. The molecule has 2 aromatic rings. The molecule has 0 aliphatic carbocycles. The molecule has 0 unspecified atom stereocenters. The van der Waals surface area contributed by atoms with Crippen LogP contribution in [0, 0.1) is 13.7 Å². The second kappa shape index (κ2) is 6.47. The Morgan fingerprint density at radius 1 is 1.15 bits per heavy atom. The first kappa shape index (κ1) is 14.4. The van der Waals surface area contributed by atoms with E-state index in [1.165, 1.54) is 6.07 Å². The summed E-state index contributed by atoms with van der Waals surface area (Å²) in [5, 5.41) is 10.9. The van der Waals surface area contributed by atoms with Crippen LogP contribution in [0.4, 0.5) is 5.69 Å². The molecule has 0 bridgehead atoms. The minimum atomic E-state index is -0.492. The van der Waals surface area contributed by atoms with E-state index in [0.717, 1.165) is 3.57 Å². The number of hydrogen-bond acceptors (Lipinski definition) is 4. The van der Waals surface area contributed by atoms with Gasteiger partial charge in [0.05, 0.1) is 16.1 Å². The van der Waals surface area contributed by atoms with Gasteiger partial charge in [-0.15, -0.1) is 0 Å². The molecule has 0 aromatic heterocycles. The van der Waals surface area contributed by atoms with E-state index in [-0.39, 0.29) is 12.3 Å². The van der Waals surface area contributed by atoms with Gasteiger partial charge in [-0.1, -0.05) is 24.3 Å². The van der Waals surface area contributed by atoms with Crippen molar-refractivity contribution in [1.29, 1.82) is 0 Å². The SMILES string of the molecule is O=C(OCc1ccccc1[N+](=O)[O-])c1ccccc1I. The molecule has 5 nitrogen and oxygen atoms in total. The lowest BCUT2D eigenvalue weighted by molar-refractivity contribution is -0.385. The lowest BCUT2D eigenvalue weighted by Crippen LogP contribution is -2.08. The number of halogens is 1. The largest absolute Gasteiger partial charge is 0.457 e. The van der Waals surface area contributed by atoms with Gasteiger partial charge in [0, 0.05) is 9.64 Å². The first-order chi connectivity index (χ1) is 9.59. The molecule has 6 heteroatoms. The zero-order valence-electron chi connectivity index (χ0n) is 10.3. The van der Waals surface area contributed by atoms with Crippen LogP contribution in [0.5, 0.6) is 0 Å². The highest BCUT2D eigenvalue weighted by Gasteiger charge is 2.16.